The van der Waals surface area contributed by atoms with Crippen LogP contribution in [0.3, 0.4) is 0 Å². The van der Waals surface area contributed by atoms with Crippen molar-refractivity contribution < 1.29 is 23.0 Å². The molecule has 90 valence electrons. The third-order valence-corrected chi connectivity index (χ3v) is 3.46. The van der Waals surface area contributed by atoms with Gasteiger partial charge in [0.1, 0.15) is 0 Å². The minimum atomic E-state index is -4.42. The molecule has 1 rings (SSSR count). The molecule has 1 aliphatic rings. The largest absolute Gasteiger partial charge is 0.417 e. The van der Waals surface area contributed by atoms with Crippen LogP contribution >= 0.6 is 0 Å². The van der Waals surface area contributed by atoms with E-state index in [1.807, 2.05) is 0 Å². The van der Waals surface area contributed by atoms with Crippen molar-refractivity contribution in [2.24, 2.45) is 5.41 Å². The second kappa shape index (κ2) is 3.10. The van der Waals surface area contributed by atoms with Gasteiger partial charge in [0, 0.05) is 20.0 Å². The maximum absolute atomic E-state index is 12.7. The molecule has 0 aromatic heterocycles. The molecule has 0 spiro atoms. The Balaban J connectivity index is 2.84. The highest BCUT2D eigenvalue weighted by molar-refractivity contribution is 5.14. The summed E-state index contributed by atoms with van der Waals surface area (Å²) in [5, 5.41) is 10.00. The number of rotatable bonds is 1. The summed E-state index contributed by atoms with van der Waals surface area (Å²) in [4.78, 5) is 0. The molecule has 2 nitrogen and oxygen atoms in total. The Kier molecular flexibility index (Phi) is 2.64. The third-order valence-electron chi connectivity index (χ3n) is 3.46. The van der Waals surface area contributed by atoms with E-state index in [-0.39, 0.29) is 12.8 Å². The van der Waals surface area contributed by atoms with Gasteiger partial charge in [0.15, 0.2) is 5.60 Å². The van der Waals surface area contributed by atoms with Crippen molar-refractivity contribution >= 4 is 0 Å². The summed E-state index contributed by atoms with van der Waals surface area (Å²) in [6, 6.07) is 0. The Bertz CT molecular complexity index is 246. The quantitative estimate of drug-likeness (QED) is 0.744. The highest BCUT2D eigenvalue weighted by Gasteiger charge is 2.70. The summed E-state index contributed by atoms with van der Waals surface area (Å²) < 4.78 is 42.5. The molecule has 5 heteroatoms. The van der Waals surface area contributed by atoms with E-state index in [1.54, 1.807) is 20.8 Å². The van der Waals surface area contributed by atoms with Gasteiger partial charge >= 0.3 is 6.18 Å². The zero-order valence-electron chi connectivity index (χ0n) is 9.40. The Labute approximate surface area is 87.4 Å². The molecule has 0 aliphatic heterocycles. The SMILES string of the molecule is COC1(C(F)(F)F)CC(O)(C(C)(C)C)C1. The van der Waals surface area contributed by atoms with E-state index in [9.17, 15) is 18.3 Å². The molecule has 0 unspecified atom stereocenters. The fraction of sp³-hybridized carbons (Fsp3) is 1.00. The molecule has 0 heterocycles. The molecule has 0 amide bonds. The average molecular weight is 226 g/mol. The lowest BCUT2D eigenvalue weighted by atomic mass is 9.56. The molecule has 1 N–H and O–H groups in total. The van der Waals surface area contributed by atoms with Gasteiger partial charge in [-0.05, 0) is 5.41 Å². The summed E-state index contributed by atoms with van der Waals surface area (Å²) in [5.74, 6) is 0. The van der Waals surface area contributed by atoms with Crippen LogP contribution in [0.4, 0.5) is 13.2 Å². The first kappa shape index (κ1) is 12.8. The van der Waals surface area contributed by atoms with Gasteiger partial charge < -0.3 is 9.84 Å². The van der Waals surface area contributed by atoms with E-state index in [0.717, 1.165) is 7.11 Å². The molecule has 0 saturated heterocycles. The van der Waals surface area contributed by atoms with E-state index < -0.39 is 22.8 Å². The van der Waals surface area contributed by atoms with Crippen molar-refractivity contribution in [3.8, 4) is 0 Å². The normalized spacial score (nSPS) is 37.6. The van der Waals surface area contributed by atoms with Crippen molar-refractivity contribution in [1.82, 2.24) is 0 Å². The highest BCUT2D eigenvalue weighted by Crippen LogP contribution is 2.58. The Morgan fingerprint density at radius 3 is 1.73 bits per heavy atom. The van der Waals surface area contributed by atoms with Crippen LogP contribution in [-0.2, 0) is 4.74 Å². The number of alkyl halides is 3. The monoisotopic (exact) mass is 226 g/mol. The van der Waals surface area contributed by atoms with Crippen molar-refractivity contribution in [3.05, 3.63) is 0 Å². The van der Waals surface area contributed by atoms with Crippen molar-refractivity contribution in [3.63, 3.8) is 0 Å². The molecule has 1 saturated carbocycles. The number of ether oxygens (including phenoxy) is 1. The minimum Gasteiger partial charge on any atom is -0.389 e. The number of methoxy groups -OCH3 is 1. The summed E-state index contributed by atoms with van der Waals surface area (Å²) >= 11 is 0. The van der Waals surface area contributed by atoms with Crippen LogP contribution in [-0.4, -0.2) is 29.6 Å². The first-order valence-electron chi connectivity index (χ1n) is 4.82. The molecule has 0 radical (unpaired) electrons. The summed E-state index contributed by atoms with van der Waals surface area (Å²) in [6.45, 7) is 5.18. The fourth-order valence-electron chi connectivity index (χ4n) is 1.88. The fourth-order valence-corrected chi connectivity index (χ4v) is 1.88. The lowest BCUT2D eigenvalue weighted by molar-refractivity contribution is -0.351. The van der Waals surface area contributed by atoms with E-state index in [2.05, 4.69) is 4.74 Å². The molecule has 0 aromatic carbocycles. The highest BCUT2D eigenvalue weighted by atomic mass is 19.4. The Morgan fingerprint density at radius 1 is 1.13 bits per heavy atom. The number of hydrogen-bond donors (Lipinski definition) is 1. The second-order valence-electron chi connectivity index (χ2n) is 5.33. The van der Waals surface area contributed by atoms with Gasteiger partial charge in [0.2, 0.25) is 0 Å². The van der Waals surface area contributed by atoms with Gasteiger partial charge in [0.25, 0.3) is 0 Å². The third kappa shape index (κ3) is 1.76. The van der Waals surface area contributed by atoms with Gasteiger partial charge in [-0.3, -0.25) is 0 Å². The first-order chi connectivity index (χ1) is 6.47. The van der Waals surface area contributed by atoms with Gasteiger partial charge in [-0.15, -0.1) is 0 Å². The lowest BCUT2D eigenvalue weighted by Crippen LogP contribution is -2.69. The van der Waals surface area contributed by atoms with Crippen molar-refractivity contribution in [1.29, 1.82) is 0 Å². The van der Waals surface area contributed by atoms with Crippen LogP contribution in [0.15, 0.2) is 0 Å². The van der Waals surface area contributed by atoms with Crippen LogP contribution in [0.25, 0.3) is 0 Å². The standard InChI is InChI=1S/C10H17F3O2/c1-7(2,3)8(14)5-9(6-8,15-4)10(11,12)13/h14H,5-6H2,1-4H3. The van der Waals surface area contributed by atoms with E-state index in [4.69, 9.17) is 0 Å². The van der Waals surface area contributed by atoms with Gasteiger partial charge in [-0.25, -0.2) is 0 Å². The molecule has 1 aliphatic carbocycles. The van der Waals surface area contributed by atoms with Crippen molar-refractivity contribution in [2.45, 2.75) is 51.0 Å². The molecule has 1 fully saturated rings. The van der Waals surface area contributed by atoms with Crippen molar-refractivity contribution in [2.75, 3.05) is 7.11 Å². The first-order valence-corrected chi connectivity index (χ1v) is 4.82. The number of halogens is 3. The second-order valence-corrected chi connectivity index (χ2v) is 5.33. The molecule has 0 bridgehead atoms. The van der Waals surface area contributed by atoms with Gasteiger partial charge in [-0.1, -0.05) is 20.8 Å². The zero-order chi connectivity index (χ0) is 12.1. The molecule has 0 atom stereocenters. The van der Waals surface area contributed by atoms with Crippen LogP contribution < -0.4 is 0 Å². The van der Waals surface area contributed by atoms with Crippen LogP contribution in [0.1, 0.15) is 33.6 Å². The maximum Gasteiger partial charge on any atom is 0.417 e. The topological polar surface area (TPSA) is 29.5 Å². The van der Waals surface area contributed by atoms with Gasteiger partial charge in [-0.2, -0.15) is 13.2 Å². The summed E-state index contributed by atoms with van der Waals surface area (Å²) in [7, 11) is 1.04. The average Bonchev–Trinajstić information content (AvgIpc) is 1.93. The summed E-state index contributed by atoms with van der Waals surface area (Å²) in [5.41, 5.74) is -4.02. The van der Waals surface area contributed by atoms with Crippen LogP contribution in [0.5, 0.6) is 0 Å². The summed E-state index contributed by atoms with van der Waals surface area (Å²) in [6.07, 6.45) is -5.19. The molecule has 15 heavy (non-hydrogen) atoms. The minimum absolute atomic E-state index is 0.385. The van der Waals surface area contributed by atoms with Crippen LogP contribution in [0.2, 0.25) is 0 Å². The van der Waals surface area contributed by atoms with E-state index in [1.165, 1.54) is 0 Å². The molecular formula is C10H17F3O2. The molecule has 0 aromatic rings. The van der Waals surface area contributed by atoms with Gasteiger partial charge in [0.05, 0.1) is 5.60 Å². The Morgan fingerprint density at radius 2 is 1.53 bits per heavy atom. The number of hydrogen-bond acceptors (Lipinski definition) is 2. The smallest absolute Gasteiger partial charge is 0.389 e. The predicted molar refractivity (Wildman–Crippen MR) is 49.4 cm³/mol. The predicted octanol–water partition coefficient (Wildman–Crippen LogP) is 2.50. The van der Waals surface area contributed by atoms with E-state index in [0.29, 0.717) is 0 Å². The zero-order valence-corrected chi connectivity index (χ0v) is 9.40. The number of aliphatic hydroxyl groups is 1. The van der Waals surface area contributed by atoms with Crippen LogP contribution in [0, 0.1) is 5.41 Å². The lowest BCUT2D eigenvalue weighted by Gasteiger charge is -2.58. The Hall–Kier alpha value is -0.290. The van der Waals surface area contributed by atoms with E-state index >= 15 is 0 Å². The maximum atomic E-state index is 12.7. The molecular weight excluding hydrogens is 209 g/mol.